The van der Waals surface area contributed by atoms with Gasteiger partial charge in [-0.2, -0.15) is 0 Å². The molecule has 59 valence electrons. The van der Waals surface area contributed by atoms with Crippen molar-refractivity contribution in [2.75, 3.05) is 0 Å². The Hall–Kier alpha value is -1.06. The van der Waals surface area contributed by atoms with Crippen LogP contribution in [0.1, 0.15) is 0 Å². The van der Waals surface area contributed by atoms with E-state index in [0.717, 1.165) is 0 Å². The molecule has 0 aliphatic rings. The molecule has 0 aliphatic heterocycles. The van der Waals surface area contributed by atoms with Gasteiger partial charge in [0.25, 0.3) is 0 Å². The summed E-state index contributed by atoms with van der Waals surface area (Å²) in [5.41, 5.74) is 0. The van der Waals surface area contributed by atoms with E-state index in [1.807, 2.05) is 0 Å². The first-order valence-electron chi connectivity index (χ1n) is 2.32. The van der Waals surface area contributed by atoms with Gasteiger partial charge in [-0.05, 0) is 9.85 Å². The van der Waals surface area contributed by atoms with Gasteiger partial charge >= 0.3 is 11.9 Å². The third kappa shape index (κ3) is 2.22. The summed E-state index contributed by atoms with van der Waals surface area (Å²) >= 11 is 0. The summed E-state index contributed by atoms with van der Waals surface area (Å²) in [5.74, 6) is -1.55. The zero-order valence-corrected chi connectivity index (χ0v) is 7.92. The second-order valence-corrected chi connectivity index (χ2v) is 1.47. The molecule has 0 aromatic carbocycles. The molecule has 0 bridgehead atoms. The molecule has 0 saturated heterocycles. The van der Waals surface area contributed by atoms with Gasteiger partial charge in [0.2, 0.25) is 0 Å². The topological polar surface area (TPSA) is 128 Å². The Kier molecular flexibility index (Phi) is 3.73. The van der Waals surface area contributed by atoms with Crippen molar-refractivity contribution in [3.8, 4) is 0 Å². The van der Waals surface area contributed by atoms with Crippen molar-refractivity contribution in [3.63, 3.8) is 0 Å². The van der Waals surface area contributed by atoms with Crippen LogP contribution in [0.5, 0.6) is 0 Å². The van der Waals surface area contributed by atoms with Crippen LogP contribution >= 0.6 is 0 Å². The molecule has 0 unspecified atom stereocenters. The Morgan fingerprint density at radius 3 is 2.08 bits per heavy atom. The largest absolute Gasteiger partial charge is 0.508 e. The van der Waals surface area contributed by atoms with E-state index < -0.39 is 21.7 Å². The summed E-state index contributed by atoms with van der Waals surface area (Å²) < 4.78 is 0. The van der Waals surface area contributed by atoms with Gasteiger partial charge in [-0.25, -0.2) is 0 Å². The van der Waals surface area contributed by atoms with Crippen molar-refractivity contribution in [2.45, 2.75) is 0 Å². The van der Waals surface area contributed by atoms with Crippen LogP contribution in [0.15, 0.2) is 0 Å². The van der Waals surface area contributed by atoms with Gasteiger partial charge in [-0.1, -0.05) is 5.10 Å². The van der Waals surface area contributed by atoms with Crippen LogP contribution in [0.3, 0.4) is 0 Å². The monoisotopic (exact) mass is 182 g/mol. The third-order valence-corrected chi connectivity index (χ3v) is 0.798. The third-order valence-electron chi connectivity index (χ3n) is 0.798. The van der Waals surface area contributed by atoms with Gasteiger partial charge in [-0.3, -0.25) is 0 Å². The number of aromatic amines is 1. The van der Waals surface area contributed by atoms with Gasteiger partial charge in [-0.15, -0.1) is 0 Å². The van der Waals surface area contributed by atoms with Gasteiger partial charge < -0.3 is 20.2 Å². The van der Waals surface area contributed by atoms with Crippen molar-refractivity contribution >= 4 is 41.5 Å². The zero-order valence-electron chi connectivity index (χ0n) is 5.92. The molecule has 10 heteroatoms. The molecule has 0 amide bonds. The van der Waals surface area contributed by atoms with Crippen LogP contribution in [-0.2, 0) is 0 Å². The minimum Gasteiger partial charge on any atom is -0.390 e. The van der Waals surface area contributed by atoms with Crippen molar-refractivity contribution < 1.29 is 9.85 Å². The van der Waals surface area contributed by atoms with E-state index in [2.05, 4.69) is 10.1 Å². The molecule has 0 atom stereocenters. The predicted molar refractivity (Wildman–Crippen MR) is 35.4 cm³/mol. The van der Waals surface area contributed by atoms with E-state index in [4.69, 9.17) is 0 Å². The van der Waals surface area contributed by atoms with Crippen LogP contribution in [0, 0.1) is 20.2 Å². The van der Waals surface area contributed by atoms with Crippen LogP contribution in [0.25, 0.3) is 0 Å². The Labute approximate surface area is 86.8 Å². The average Bonchev–Trinajstić information content (AvgIpc) is 2.33. The maximum atomic E-state index is 9.89. The number of nitrogens with zero attached hydrogens (tertiary/aromatic N) is 4. The van der Waals surface area contributed by atoms with E-state index in [-0.39, 0.29) is 29.6 Å². The summed E-state index contributed by atoms with van der Waals surface area (Å²) in [4.78, 5) is 20.9. The standard InChI is InChI=1S/C2HN5O4.Na/c8-6(9)1-3-2(5-4-1)7(10)11;/h(H,3,4,5);. The van der Waals surface area contributed by atoms with Gasteiger partial charge in [0.15, 0.2) is 0 Å². The number of aromatic nitrogens is 3. The van der Waals surface area contributed by atoms with E-state index >= 15 is 0 Å². The van der Waals surface area contributed by atoms with Crippen molar-refractivity contribution in [1.29, 1.82) is 0 Å². The van der Waals surface area contributed by atoms with E-state index in [9.17, 15) is 20.2 Å². The Balaban J connectivity index is 0.00000121. The molecule has 1 heterocycles. The number of H-pyrrole nitrogens is 1. The second-order valence-electron chi connectivity index (χ2n) is 1.47. The Morgan fingerprint density at radius 2 is 1.83 bits per heavy atom. The normalized spacial score (nSPS) is 8.67. The van der Waals surface area contributed by atoms with Crippen molar-refractivity contribution in [3.05, 3.63) is 20.2 Å². The first-order chi connectivity index (χ1) is 5.11. The molecule has 0 fully saturated rings. The van der Waals surface area contributed by atoms with Crippen molar-refractivity contribution in [1.82, 2.24) is 15.2 Å². The number of hydrogen-bond acceptors (Lipinski definition) is 6. The summed E-state index contributed by atoms with van der Waals surface area (Å²) in [6, 6.07) is 0. The molecule has 0 spiro atoms. The molecule has 12 heavy (non-hydrogen) atoms. The second kappa shape index (κ2) is 4.09. The maximum Gasteiger partial charge on any atom is 0.508 e. The van der Waals surface area contributed by atoms with Crippen LogP contribution in [-0.4, -0.2) is 54.6 Å². The molecule has 9 nitrogen and oxygen atoms in total. The summed E-state index contributed by atoms with van der Waals surface area (Å²) in [6.45, 7) is 0. The van der Waals surface area contributed by atoms with Crippen LogP contribution in [0.2, 0.25) is 0 Å². The minimum absolute atomic E-state index is 0. The molecule has 1 aromatic heterocycles. The number of nitrogens with one attached hydrogen (secondary N) is 1. The van der Waals surface area contributed by atoms with E-state index in [1.165, 1.54) is 0 Å². The van der Waals surface area contributed by atoms with Crippen LogP contribution < -0.4 is 0 Å². The molecule has 1 radical (unpaired) electrons. The smallest absolute Gasteiger partial charge is 0.390 e. The molecule has 1 rings (SSSR count). The molecular weight excluding hydrogens is 181 g/mol. The maximum absolute atomic E-state index is 9.89. The molecule has 0 saturated carbocycles. The summed E-state index contributed by atoms with van der Waals surface area (Å²) in [7, 11) is 0. The summed E-state index contributed by atoms with van der Waals surface area (Å²) in [6.07, 6.45) is 0. The van der Waals surface area contributed by atoms with Crippen molar-refractivity contribution in [2.24, 2.45) is 0 Å². The SMILES string of the molecule is O=[N+]([O-])c1n[nH]c([N+](=O)[O-])n1.[Na]. The molecule has 1 N–H and O–H groups in total. The fraction of sp³-hybridized carbons (Fsp3) is 0. The average molecular weight is 182 g/mol. The van der Waals surface area contributed by atoms with Crippen LogP contribution in [0.4, 0.5) is 11.9 Å². The molecular formula is C2HN5NaO4. The Bertz CT molecular complexity index is 280. The zero-order chi connectivity index (χ0) is 8.43. The predicted octanol–water partition coefficient (Wildman–Crippen LogP) is -0.760. The van der Waals surface area contributed by atoms with E-state index in [0.29, 0.717) is 0 Å². The number of hydrogen-bond donors (Lipinski definition) is 1. The fourth-order valence-corrected chi connectivity index (χ4v) is 0.408. The first kappa shape index (κ1) is 10.9. The fourth-order valence-electron chi connectivity index (χ4n) is 0.408. The van der Waals surface area contributed by atoms with Gasteiger partial charge in [0, 0.05) is 34.5 Å². The minimum atomic E-state index is -0.927. The number of rotatable bonds is 2. The molecule has 1 aromatic rings. The quantitative estimate of drug-likeness (QED) is 0.363. The first-order valence-corrected chi connectivity index (χ1v) is 2.32. The number of nitro groups is 2. The van der Waals surface area contributed by atoms with E-state index in [1.54, 1.807) is 5.10 Å². The molecule has 0 aliphatic carbocycles. The Morgan fingerprint density at radius 1 is 1.25 bits per heavy atom. The summed E-state index contributed by atoms with van der Waals surface area (Å²) in [5, 5.41) is 24.5. The van der Waals surface area contributed by atoms with Gasteiger partial charge in [0.05, 0.1) is 5.10 Å². The van der Waals surface area contributed by atoms with Gasteiger partial charge in [0.1, 0.15) is 0 Å².